The number of hydrogen-bond donors (Lipinski definition) is 1. The zero-order chi connectivity index (χ0) is 26.8. The zero-order valence-corrected chi connectivity index (χ0v) is 23.4. The van der Waals surface area contributed by atoms with Gasteiger partial charge in [0.1, 0.15) is 0 Å². The molecular formula is C27H34Cl2N2O5S. The molecule has 1 atom stereocenters. The van der Waals surface area contributed by atoms with Gasteiger partial charge in [-0.1, -0.05) is 106 Å². The summed E-state index contributed by atoms with van der Waals surface area (Å²) in [6.07, 6.45) is 8.95. The minimum Gasteiger partial charge on any atom is -0.430 e. The van der Waals surface area contributed by atoms with Crippen LogP contribution in [-0.2, 0) is 19.6 Å². The highest BCUT2D eigenvalue weighted by Crippen LogP contribution is 2.38. The molecule has 3 rings (SSSR count). The summed E-state index contributed by atoms with van der Waals surface area (Å²) in [4.78, 5) is 26.4. The van der Waals surface area contributed by atoms with Crippen molar-refractivity contribution in [1.29, 1.82) is 0 Å². The second-order valence-electron chi connectivity index (χ2n) is 9.23. The molecule has 1 aliphatic heterocycles. The van der Waals surface area contributed by atoms with Gasteiger partial charge < -0.3 is 4.74 Å². The van der Waals surface area contributed by atoms with Gasteiger partial charge in [0.25, 0.3) is 5.91 Å². The van der Waals surface area contributed by atoms with Crippen molar-refractivity contribution in [3.05, 3.63) is 58.1 Å². The van der Waals surface area contributed by atoms with E-state index < -0.39 is 28.1 Å². The number of benzene rings is 2. The van der Waals surface area contributed by atoms with E-state index in [1.165, 1.54) is 56.7 Å². The molecule has 1 aliphatic rings. The fraction of sp³-hybridized carbons (Fsp3) is 0.481. The number of cyclic esters (lactones) is 1. The molecule has 0 aliphatic carbocycles. The van der Waals surface area contributed by atoms with Gasteiger partial charge >= 0.3 is 6.09 Å². The lowest BCUT2D eigenvalue weighted by Crippen LogP contribution is -2.30. The first-order chi connectivity index (χ1) is 17.7. The normalized spacial score (nSPS) is 15.8. The first-order valence-electron chi connectivity index (χ1n) is 12.8. The summed E-state index contributed by atoms with van der Waals surface area (Å²) in [6, 6.07) is 10.8. The number of nitrogens with one attached hydrogen (secondary N) is 1. The Labute approximate surface area is 229 Å². The molecule has 0 spiro atoms. The standard InChI is InChI=1S/C27H34Cl2N2O5S/c1-2-3-4-5-6-7-8-9-10-13-18-37(34,35)30-20-16-17-23(29)24(19-20)31-26(32)25(36-27(31)33)21-14-11-12-15-22(21)28/h11-12,14-17,19,25,30H,2-10,13,18H2,1H3. The maximum atomic E-state index is 13.1. The molecule has 2 aromatic rings. The predicted molar refractivity (Wildman–Crippen MR) is 149 cm³/mol. The lowest BCUT2D eigenvalue weighted by atomic mass is 10.1. The maximum absolute atomic E-state index is 13.1. The van der Waals surface area contributed by atoms with Crippen LogP contribution in [0.2, 0.25) is 10.0 Å². The van der Waals surface area contributed by atoms with E-state index in [1.807, 2.05) is 0 Å². The minimum absolute atomic E-state index is 0.0132. The Hall–Kier alpha value is -2.29. The van der Waals surface area contributed by atoms with E-state index in [-0.39, 0.29) is 27.2 Å². The van der Waals surface area contributed by atoms with E-state index in [9.17, 15) is 18.0 Å². The Kier molecular flexibility index (Phi) is 11.1. The Morgan fingerprint density at radius 2 is 1.49 bits per heavy atom. The van der Waals surface area contributed by atoms with Crippen molar-refractivity contribution in [2.24, 2.45) is 0 Å². The molecule has 1 N–H and O–H groups in total. The van der Waals surface area contributed by atoms with Crippen molar-refractivity contribution >= 4 is 56.6 Å². The summed E-state index contributed by atoms with van der Waals surface area (Å²) in [5.74, 6) is -0.675. The summed E-state index contributed by atoms with van der Waals surface area (Å²) >= 11 is 12.5. The van der Waals surface area contributed by atoms with E-state index in [0.29, 0.717) is 12.0 Å². The van der Waals surface area contributed by atoms with Gasteiger partial charge in [-0.15, -0.1) is 0 Å². The van der Waals surface area contributed by atoms with Crippen molar-refractivity contribution in [3.63, 3.8) is 0 Å². The Morgan fingerprint density at radius 3 is 2.14 bits per heavy atom. The average molecular weight is 570 g/mol. The zero-order valence-electron chi connectivity index (χ0n) is 21.0. The number of ether oxygens (including phenoxy) is 1. The third-order valence-electron chi connectivity index (χ3n) is 6.26. The van der Waals surface area contributed by atoms with Gasteiger partial charge in [-0.3, -0.25) is 9.52 Å². The number of hydrogen-bond acceptors (Lipinski definition) is 5. The number of imide groups is 1. The molecule has 1 heterocycles. The number of anilines is 2. The van der Waals surface area contributed by atoms with Gasteiger partial charge in [0.05, 0.1) is 22.2 Å². The highest BCUT2D eigenvalue weighted by atomic mass is 35.5. The molecule has 2 amide bonds. The van der Waals surface area contributed by atoms with Crippen LogP contribution in [0.5, 0.6) is 0 Å². The molecule has 0 radical (unpaired) electrons. The predicted octanol–water partition coefficient (Wildman–Crippen LogP) is 7.88. The van der Waals surface area contributed by atoms with Crippen LogP contribution in [0.15, 0.2) is 42.5 Å². The molecule has 1 saturated heterocycles. The Balaban J connectivity index is 1.55. The van der Waals surface area contributed by atoms with E-state index in [4.69, 9.17) is 27.9 Å². The fourth-order valence-electron chi connectivity index (χ4n) is 4.27. The van der Waals surface area contributed by atoms with Crippen molar-refractivity contribution in [2.45, 2.75) is 77.2 Å². The third-order valence-corrected chi connectivity index (χ3v) is 8.30. The molecule has 1 unspecified atom stereocenters. The lowest BCUT2D eigenvalue weighted by molar-refractivity contribution is -0.122. The number of unbranched alkanes of at least 4 members (excludes halogenated alkanes) is 9. The Morgan fingerprint density at radius 1 is 0.865 bits per heavy atom. The van der Waals surface area contributed by atoms with Gasteiger partial charge in [0, 0.05) is 10.6 Å². The number of sulfonamides is 1. The highest BCUT2D eigenvalue weighted by molar-refractivity contribution is 7.92. The van der Waals surface area contributed by atoms with Gasteiger partial charge in [0.15, 0.2) is 0 Å². The Bertz CT molecular complexity index is 1190. The summed E-state index contributed by atoms with van der Waals surface area (Å²) in [5, 5.41) is 0.387. The van der Waals surface area contributed by atoms with Crippen LogP contribution in [0.3, 0.4) is 0 Å². The number of amides is 2. The first kappa shape index (κ1) is 29.3. The lowest BCUT2D eigenvalue weighted by Gasteiger charge is -2.16. The molecule has 10 heteroatoms. The van der Waals surface area contributed by atoms with Crippen LogP contribution < -0.4 is 9.62 Å². The summed E-state index contributed by atoms with van der Waals surface area (Å²) < 4.78 is 33.1. The minimum atomic E-state index is -3.61. The molecule has 2 aromatic carbocycles. The summed E-state index contributed by atoms with van der Waals surface area (Å²) in [6.45, 7) is 2.21. The van der Waals surface area contributed by atoms with Gasteiger partial charge in [-0.25, -0.2) is 18.1 Å². The molecule has 37 heavy (non-hydrogen) atoms. The van der Waals surface area contributed by atoms with Crippen LogP contribution in [-0.4, -0.2) is 26.2 Å². The van der Waals surface area contributed by atoms with Crippen LogP contribution in [0, 0.1) is 0 Å². The highest BCUT2D eigenvalue weighted by Gasteiger charge is 2.44. The molecule has 0 aromatic heterocycles. The van der Waals surface area contributed by atoms with Crippen LogP contribution in [0.25, 0.3) is 0 Å². The molecule has 0 saturated carbocycles. The van der Waals surface area contributed by atoms with E-state index >= 15 is 0 Å². The fourth-order valence-corrected chi connectivity index (χ4v) is 5.88. The van der Waals surface area contributed by atoms with Crippen molar-refractivity contribution < 1.29 is 22.7 Å². The molecular weight excluding hydrogens is 535 g/mol. The van der Waals surface area contributed by atoms with Gasteiger partial charge in [0.2, 0.25) is 16.1 Å². The average Bonchev–Trinajstić information content (AvgIpc) is 3.15. The third kappa shape index (κ3) is 8.35. The molecule has 202 valence electrons. The summed E-state index contributed by atoms with van der Waals surface area (Å²) in [5.41, 5.74) is 0.591. The number of rotatable bonds is 15. The smallest absolute Gasteiger partial charge is 0.422 e. The second-order valence-corrected chi connectivity index (χ2v) is 11.9. The molecule has 7 nitrogen and oxygen atoms in total. The quantitative estimate of drug-likeness (QED) is 0.220. The molecule has 0 bridgehead atoms. The number of carbonyl (C=O) groups excluding carboxylic acids is 2. The van der Waals surface area contributed by atoms with E-state index in [0.717, 1.165) is 24.2 Å². The number of nitrogens with zero attached hydrogens (tertiary/aromatic N) is 1. The van der Waals surface area contributed by atoms with E-state index in [1.54, 1.807) is 24.3 Å². The summed E-state index contributed by atoms with van der Waals surface area (Å²) in [7, 11) is -3.61. The SMILES string of the molecule is CCCCCCCCCCCCS(=O)(=O)Nc1ccc(Cl)c(N2C(=O)OC(c3ccccc3Cl)C2=O)c1. The van der Waals surface area contributed by atoms with Crippen molar-refractivity contribution in [3.8, 4) is 0 Å². The maximum Gasteiger partial charge on any atom is 0.422 e. The van der Waals surface area contributed by atoms with Crippen LogP contribution >= 0.6 is 23.2 Å². The van der Waals surface area contributed by atoms with Crippen LogP contribution in [0.1, 0.15) is 82.8 Å². The van der Waals surface area contributed by atoms with E-state index in [2.05, 4.69) is 11.6 Å². The monoisotopic (exact) mass is 568 g/mol. The van der Waals surface area contributed by atoms with Gasteiger partial charge in [-0.05, 0) is 30.7 Å². The number of halogens is 2. The van der Waals surface area contributed by atoms with Crippen molar-refractivity contribution in [2.75, 3.05) is 15.4 Å². The number of carbonyl (C=O) groups is 2. The first-order valence-corrected chi connectivity index (χ1v) is 15.2. The van der Waals surface area contributed by atoms with Crippen molar-refractivity contribution in [1.82, 2.24) is 0 Å². The largest absolute Gasteiger partial charge is 0.430 e. The molecule has 1 fully saturated rings. The second kappa shape index (κ2) is 14.0. The topological polar surface area (TPSA) is 92.8 Å². The van der Waals surface area contributed by atoms with Gasteiger partial charge in [-0.2, -0.15) is 0 Å². The van der Waals surface area contributed by atoms with Crippen LogP contribution in [0.4, 0.5) is 16.2 Å².